The van der Waals surface area contributed by atoms with Crippen LogP contribution in [-0.2, 0) is 12.8 Å². The number of hydrogen-bond acceptors (Lipinski definition) is 2. The van der Waals surface area contributed by atoms with Crippen LogP contribution in [0.4, 0.5) is 0 Å². The van der Waals surface area contributed by atoms with Crippen molar-refractivity contribution in [1.29, 1.82) is 0 Å². The summed E-state index contributed by atoms with van der Waals surface area (Å²) in [6.07, 6.45) is 9.78. The quantitative estimate of drug-likeness (QED) is 0.726. The highest BCUT2D eigenvalue weighted by Gasteiger charge is 2.13. The van der Waals surface area contributed by atoms with Crippen LogP contribution in [0.3, 0.4) is 0 Å². The summed E-state index contributed by atoms with van der Waals surface area (Å²) in [7, 11) is 0. The zero-order chi connectivity index (χ0) is 14.5. The number of allylic oxidation sites excluding steroid dienone is 5. The van der Waals surface area contributed by atoms with Crippen molar-refractivity contribution >= 4 is 11.3 Å². The fraction of sp³-hybridized carbons (Fsp3) is 0.412. The fourth-order valence-corrected chi connectivity index (χ4v) is 2.80. The van der Waals surface area contributed by atoms with Gasteiger partial charge in [-0.1, -0.05) is 58.6 Å². The van der Waals surface area contributed by atoms with Crippen molar-refractivity contribution in [3.05, 3.63) is 52.3 Å². The summed E-state index contributed by atoms with van der Waals surface area (Å²) in [6.45, 7) is 12.4. The summed E-state index contributed by atoms with van der Waals surface area (Å²) in [5, 5.41) is 12.0. The Balaban J connectivity index is 2.79. The summed E-state index contributed by atoms with van der Waals surface area (Å²) < 4.78 is 0. The SMILES string of the molecule is C=C/C=C(\C=C/Cc1scc(CC)c1O)C(C)(C)C. The summed E-state index contributed by atoms with van der Waals surface area (Å²) in [6, 6.07) is 0. The third kappa shape index (κ3) is 4.39. The number of rotatable bonds is 5. The summed E-state index contributed by atoms with van der Waals surface area (Å²) in [4.78, 5) is 1.04. The van der Waals surface area contributed by atoms with Gasteiger partial charge in [-0.15, -0.1) is 11.3 Å². The zero-order valence-corrected chi connectivity index (χ0v) is 13.2. The number of aryl methyl sites for hydroxylation is 1. The second kappa shape index (κ2) is 6.76. The van der Waals surface area contributed by atoms with Crippen molar-refractivity contribution in [2.24, 2.45) is 5.41 Å². The van der Waals surface area contributed by atoms with E-state index < -0.39 is 0 Å². The number of thiophene rings is 1. The van der Waals surface area contributed by atoms with Crippen LogP contribution in [0.25, 0.3) is 0 Å². The molecule has 0 aliphatic carbocycles. The number of hydrogen-bond donors (Lipinski definition) is 1. The summed E-state index contributed by atoms with van der Waals surface area (Å²) >= 11 is 1.63. The van der Waals surface area contributed by atoms with Gasteiger partial charge >= 0.3 is 0 Å². The van der Waals surface area contributed by atoms with Gasteiger partial charge in [0.25, 0.3) is 0 Å². The molecule has 1 nitrogen and oxygen atoms in total. The van der Waals surface area contributed by atoms with Crippen molar-refractivity contribution in [2.75, 3.05) is 0 Å². The van der Waals surface area contributed by atoms with Gasteiger partial charge < -0.3 is 5.11 Å². The van der Waals surface area contributed by atoms with E-state index in [1.54, 1.807) is 11.3 Å². The van der Waals surface area contributed by atoms with E-state index in [0.717, 1.165) is 23.3 Å². The average Bonchev–Trinajstić information content (AvgIpc) is 2.68. The van der Waals surface area contributed by atoms with E-state index in [-0.39, 0.29) is 5.41 Å². The van der Waals surface area contributed by atoms with Crippen LogP contribution in [0.5, 0.6) is 5.75 Å². The van der Waals surface area contributed by atoms with E-state index >= 15 is 0 Å². The lowest BCUT2D eigenvalue weighted by molar-refractivity contribution is 0.467. The van der Waals surface area contributed by atoms with Crippen LogP contribution in [0.15, 0.2) is 41.8 Å². The predicted molar refractivity (Wildman–Crippen MR) is 85.9 cm³/mol. The lowest BCUT2D eigenvalue weighted by atomic mass is 9.86. The van der Waals surface area contributed by atoms with Crippen molar-refractivity contribution in [2.45, 2.75) is 40.5 Å². The maximum Gasteiger partial charge on any atom is 0.132 e. The molecule has 0 bridgehead atoms. The van der Waals surface area contributed by atoms with E-state index in [1.165, 1.54) is 5.57 Å². The lowest BCUT2D eigenvalue weighted by Crippen LogP contribution is -2.07. The van der Waals surface area contributed by atoms with E-state index in [0.29, 0.717) is 5.75 Å². The van der Waals surface area contributed by atoms with E-state index in [1.807, 2.05) is 17.5 Å². The molecule has 0 aliphatic rings. The smallest absolute Gasteiger partial charge is 0.132 e. The molecular formula is C17H24OS. The van der Waals surface area contributed by atoms with Gasteiger partial charge in [-0.05, 0) is 22.8 Å². The van der Waals surface area contributed by atoms with Gasteiger partial charge in [0.15, 0.2) is 0 Å². The Hall–Kier alpha value is -1.28. The van der Waals surface area contributed by atoms with Gasteiger partial charge in [-0.3, -0.25) is 0 Å². The molecular weight excluding hydrogens is 252 g/mol. The fourth-order valence-electron chi connectivity index (χ4n) is 1.80. The Morgan fingerprint density at radius 3 is 2.58 bits per heavy atom. The maximum atomic E-state index is 10.0. The largest absolute Gasteiger partial charge is 0.506 e. The van der Waals surface area contributed by atoms with E-state index in [9.17, 15) is 5.11 Å². The first kappa shape index (κ1) is 15.8. The normalized spacial score (nSPS) is 13.2. The monoisotopic (exact) mass is 276 g/mol. The van der Waals surface area contributed by atoms with E-state index in [2.05, 4.69) is 46.4 Å². The molecule has 0 fully saturated rings. The van der Waals surface area contributed by atoms with Gasteiger partial charge in [0.1, 0.15) is 5.75 Å². The number of aromatic hydroxyl groups is 1. The standard InChI is InChI=1S/C17H24OS/c1-6-9-14(17(3,4)5)10-8-11-15-16(18)13(7-2)12-19-15/h6,8-10,12,18H,1,7,11H2,2-5H3/b10-8-,14-9+. The van der Waals surface area contributed by atoms with Gasteiger partial charge in [0, 0.05) is 12.0 Å². The minimum atomic E-state index is 0.108. The molecule has 1 heterocycles. The van der Waals surface area contributed by atoms with Crippen LogP contribution >= 0.6 is 11.3 Å². The molecule has 0 aromatic carbocycles. The molecule has 0 saturated carbocycles. The Kier molecular flexibility index (Phi) is 5.61. The topological polar surface area (TPSA) is 20.2 Å². The second-order valence-electron chi connectivity index (χ2n) is 5.60. The maximum absolute atomic E-state index is 10.0. The minimum Gasteiger partial charge on any atom is -0.506 e. The average molecular weight is 276 g/mol. The first-order valence-electron chi connectivity index (χ1n) is 6.68. The lowest BCUT2D eigenvalue weighted by Gasteiger charge is -2.19. The summed E-state index contributed by atoms with van der Waals surface area (Å²) in [5.41, 5.74) is 2.40. The molecule has 1 N–H and O–H groups in total. The van der Waals surface area contributed by atoms with Crippen LogP contribution in [0.2, 0.25) is 0 Å². The van der Waals surface area contributed by atoms with Gasteiger partial charge in [0.05, 0.1) is 4.88 Å². The highest BCUT2D eigenvalue weighted by molar-refractivity contribution is 7.10. The summed E-state index contributed by atoms with van der Waals surface area (Å²) in [5.74, 6) is 0.474. The highest BCUT2D eigenvalue weighted by Crippen LogP contribution is 2.31. The van der Waals surface area contributed by atoms with Crippen molar-refractivity contribution in [3.63, 3.8) is 0 Å². The Labute approximate surface area is 121 Å². The van der Waals surface area contributed by atoms with Crippen LogP contribution in [0.1, 0.15) is 38.1 Å². The third-order valence-corrected chi connectivity index (χ3v) is 4.10. The minimum absolute atomic E-state index is 0.108. The Morgan fingerprint density at radius 2 is 2.11 bits per heavy atom. The van der Waals surface area contributed by atoms with Crippen molar-refractivity contribution < 1.29 is 5.11 Å². The zero-order valence-electron chi connectivity index (χ0n) is 12.4. The predicted octanol–water partition coefficient (Wildman–Crippen LogP) is 5.27. The van der Waals surface area contributed by atoms with Gasteiger partial charge in [-0.25, -0.2) is 0 Å². The molecule has 0 amide bonds. The van der Waals surface area contributed by atoms with Gasteiger partial charge in [-0.2, -0.15) is 0 Å². The molecule has 0 unspecified atom stereocenters. The molecule has 0 spiro atoms. The molecule has 1 aromatic rings. The Morgan fingerprint density at radius 1 is 1.42 bits per heavy atom. The molecule has 0 radical (unpaired) electrons. The van der Waals surface area contributed by atoms with E-state index in [4.69, 9.17) is 0 Å². The van der Waals surface area contributed by atoms with Crippen LogP contribution in [-0.4, -0.2) is 5.11 Å². The van der Waals surface area contributed by atoms with Crippen molar-refractivity contribution in [1.82, 2.24) is 0 Å². The first-order chi connectivity index (χ1) is 8.90. The van der Waals surface area contributed by atoms with Gasteiger partial charge in [0.2, 0.25) is 0 Å². The van der Waals surface area contributed by atoms with Crippen LogP contribution < -0.4 is 0 Å². The molecule has 2 heteroatoms. The Bertz CT molecular complexity index is 484. The first-order valence-corrected chi connectivity index (χ1v) is 7.56. The molecule has 0 saturated heterocycles. The second-order valence-corrected chi connectivity index (χ2v) is 6.56. The molecule has 1 rings (SSSR count). The highest BCUT2D eigenvalue weighted by atomic mass is 32.1. The molecule has 1 aromatic heterocycles. The van der Waals surface area contributed by atoms with Crippen LogP contribution in [0, 0.1) is 5.41 Å². The molecule has 0 atom stereocenters. The van der Waals surface area contributed by atoms with Crippen molar-refractivity contribution in [3.8, 4) is 5.75 Å². The molecule has 104 valence electrons. The molecule has 19 heavy (non-hydrogen) atoms. The molecule has 0 aliphatic heterocycles. The third-order valence-electron chi connectivity index (χ3n) is 3.06.